The maximum Gasteiger partial charge on any atom is 0.237 e. The van der Waals surface area contributed by atoms with Gasteiger partial charge in [0.15, 0.2) is 0 Å². The predicted octanol–water partition coefficient (Wildman–Crippen LogP) is 3.92. The molecule has 1 fully saturated rings. The highest BCUT2D eigenvalue weighted by atomic mass is 32.1. The largest absolute Gasteiger partial charge is 0.385 e. The summed E-state index contributed by atoms with van der Waals surface area (Å²) in [5.74, 6) is 0.163. The van der Waals surface area contributed by atoms with Gasteiger partial charge in [-0.05, 0) is 59.3 Å². The molecular weight excluding hydrogens is 344 g/mol. The molecule has 1 aromatic carbocycles. The van der Waals surface area contributed by atoms with Gasteiger partial charge in [-0.15, -0.1) is 0 Å². The summed E-state index contributed by atoms with van der Waals surface area (Å²) in [5.41, 5.74) is 3.79. The summed E-state index contributed by atoms with van der Waals surface area (Å²) < 4.78 is 5.04. The van der Waals surface area contributed by atoms with E-state index >= 15 is 0 Å². The van der Waals surface area contributed by atoms with Gasteiger partial charge in [0.05, 0.1) is 6.04 Å². The van der Waals surface area contributed by atoms with Gasteiger partial charge >= 0.3 is 0 Å². The molecule has 26 heavy (non-hydrogen) atoms. The van der Waals surface area contributed by atoms with Crippen molar-refractivity contribution in [1.29, 1.82) is 0 Å². The van der Waals surface area contributed by atoms with E-state index in [4.69, 9.17) is 4.74 Å². The van der Waals surface area contributed by atoms with Crippen LogP contribution >= 0.6 is 11.3 Å². The number of carbonyl (C=O) groups is 1. The minimum Gasteiger partial charge on any atom is -0.385 e. The molecule has 2 heterocycles. The van der Waals surface area contributed by atoms with E-state index in [-0.39, 0.29) is 11.9 Å². The molecule has 2 aromatic rings. The number of ether oxygens (including phenoxy) is 1. The Morgan fingerprint density at radius 3 is 2.81 bits per heavy atom. The van der Waals surface area contributed by atoms with Gasteiger partial charge in [-0.2, -0.15) is 11.3 Å². The molecule has 1 saturated heterocycles. The maximum absolute atomic E-state index is 12.6. The van der Waals surface area contributed by atoms with Crippen LogP contribution in [0.1, 0.15) is 31.2 Å². The Morgan fingerprint density at radius 1 is 1.23 bits per heavy atom. The minimum absolute atomic E-state index is 0.0113. The third-order valence-electron chi connectivity index (χ3n) is 4.93. The number of piperidine rings is 1. The summed E-state index contributed by atoms with van der Waals surface area (Å²) in [6, 6.07) is 10.9. The number of likely N-dealkylation sites (tertiary alicyclic amines) is 1. The van der Waals surface area contributed by atoms with E-state index < -0.39 is 0 Å². The summed E-state index contributed by atoms with van der Waals surface area (Å²) in [6.07, 6.45) is 4.10. The Kier molecular flexibility index (Phi) is 7.23. The molecule has 5 heteroatoms. The van der Waals surface area contributed by atoms with Crippen LogP contribution in [-0.2, 0) is 16.1 Å². The van der Waals surface area contributed by atoms with E-state index in [0.29, 0.717) is 13.2 Å². The molecule has 0 aliphatic carbocycles. The van der Waals surface area contributed by atoms with Gasteiger partial charge in [0.1, 0.15) is 0 Å². The Hall–Kier alpha value is -1.69. The number of rotatable bonds is 8. The molecule has 1 aliphatic heterocycles. The first-order valence-electron chi connectivity index (χ1n) is 9.40. The molecule has 0 bridgehead atoms. The van der Waals surface area contributed by atoms with Gasteiger partial charge in [0, 0.05) is 26.8 Å². The smallest absolute Gasteiger partial charge is 0.237 e. The summed E-state index contributed by atoms with van der Waals surface area (Å²) in [6.45, 7) is 3.19. The lowest BCUT2D eigenvalue weighted by molar-refractivity contribution is -0.127. The summed E-state index contributed by atoms with van der Waals surface area (Å²) in [4.78, 5) is 14.9. The Labute approximate surface area is 160 Å². The Morgan fingerprint density at radius 2 is 2.08 bits per heavy atom. The first kappa shape index (κ1) is 19.1. The molecule has 0 radical (unpaired) electrons. The Bertz CT molecular complexity index is 670. The number of amides is 1. The topological polar surface area (TPSA) is 41.6 Å². The zero-order valence-electron chi connectivity index (χ0n) is 15.4. The summed E-state index contributed by atoms with van der Waals surface area (Å²) >= 11 is 1.72. The number of carbonyl (C=O) groups excluding carboxylic acids is 1. The van der Waals surface area contributed by atoms with E-state index in [1.165, 1.54) is 23.1 Å². The first-order valence-corrected chi connectivity index (χ1v) is 10.3. The highest BCUT2D eigenvalue weighted by Gasteiger charge is 2.28. The van der Waals surface area contributed by atoms with Crippen molar-refractivity contribution in [2.45, 2.75) is 38.3 Å². The molecule has 1 aliphatic rings. The van der Waals surface area contributed by atoms with Crippen LogP contribution in [-0.4, -0.2) is 43.7 Å². The lowest BCUT2D eigenvalue weighted by Gasteiger charge is -2.34. The van der Waals surface area contributed by atoms with E-state index in [0.717, 1.165) is 32.4 Å². The SMILES string of the molecule is COCCCNC(=O)C1CCCCN1Cc1ccc(-c2ccsc2)cc1. The van der Waals surface area contributed by atoms with Crippen molar-refractivity contribution in [1.82, 2.24) is 10.2 Å². The molecule has 0 spiro atoms. The lowest BCUT2D eigenvalue weighted by atomic mass is 9.99. The molecule has 1 N–H and O–H groups in total. The molecule has 1 unspecified atom stereocenters. The van der Waals surface area contributed by atoms with Crippen molar-refractivity contribution in [2.24, 2.45) is 0 Å². The van der Waals surface area contributed by atoms with Crippen molar-refractivity contribution in [3.05, 3.63) is 46.7 Å². The van der Waals surface area contributed by atoms with Gasteiger partial charge in [-0.1, -0.05) is 30.7 Å². The van der Waals surface area contributed by atoms with E-state index in [9.17, 15) is 4.79 Å². The van der Waals surface area contributed by atoms with Crippen LogP contribution in [0, 0.1) is 0 Å². The van der Waals surface area contributed by atoms with Crippen LogP contribution in [0.25, 0.3) is 11.1 Å². The number of benzene rings is 1. The number of nitrogens with zero attached hydrogens (tertiary/aromatic N) is 1. The molecule has 4 nitrogen and oxygen atoms in total. The number of nitrogens with one attached hydrogen (secondary N) is 1. The normalized spacial score (nSPS) is 18.0. The lowest BCUT2D eigenvalue weighted by Crippen LogP contribution is -2.49. The molecular formula is C21H28N2O2S. The van der Waals surface area contributed by atoms with Crippen LogP contribution in [0.5, 0.6) is 0 Å². The van der Waals surface area contributed by atoms with Crippen molar-refractivity contribution in [3.63, 3.8) is 0 Å². The van der Waals surface area contributed by atoms with Crippen LogP contribution in [0.15, 0.2) is 41.1 Å². The standard InChI is InChI=1S/C21H28N2O2S/c1-25-13-4-11-22-21(24)20-5-2-3-12-23(20)15-17-6-8-18(9-7-17)19-10-14-26-16-19/h6-10,14,16,20H,2-5,11-13,15H2,1H3,(H,22,24). The molecule has 1 amide bonds. The highest BCUT2D eigenvalue weighted by Crippen LogP contribution is 2.24. The van der Waals surface area contributed by atoms with E-state index in [2.05, 4.69) is 51.3 Å². The van der Waals surface area contributed by atoms with Crippen LogP contribution in [0.2, 0.25) is 0 Å². The average Bonchev–Trinajstić information content (AvgIpc) is 3.21. The third-order valence-corrected chi connectivity index (χ3v) is 5.62. The second-order valence-corrected chi connectivity index (χ2v) is 7.61. The second kappa shape index (κ2) is 9.86. The maximum atomic E-state index is 12.6. The molecule has 3 rings (SSSR count). The van der Waals surface area contributed by atoms with Gasteiger partial charge in [-0.3, -0.25) is 9.69 Å². The molecule has 1 aromatic heterocycles. The van der Waals surface area contributed by atoms with Crippen LogP contribution < -0.4 is 5.32 Å². The molecule has 0 saturated carbocycles. The fourth-order valence-electron chi connectivity index (χ4n) is 3.49. The van der Waals surface area contributed by atoms with Crippen LogP contribution in [0.4, 0.5) is 0 Å². The first-order chi connectivity index (χ1) is 12.8. The van der Waals surface area contributed by atoms with Gasteiger partial charge < -0.3 is 10.1 Å². The van der Waals surface area contributed by atoms with Crippen molar-refractivity contribution >= 4 is 17.2 Å². The van der Waals surface area contributed by atoms with Crippen molar-refractivity contribution < 1.29 is 9.53 Å². The number of thiophene rings is 1. The van der Waals surface area contributed by atoms with E-state index in [1.807, 2.05) is 0 Å². The minimum atomic E-state index is -0.0113. The van der Waals surface area contributed by atoms with E-state index in [1.54, 1.807) is 18.4 Å². The molecule has 1 atom stereocenters. The monoisotopic (exact) mass is 372 g/mol. The zero-order chi connectivity index (χ0) is 18.2. The van der Waals surface area contributed by atoms with Crippen molar-refractivity contribution in [3.8, 4) is 11.1 Å². The zero-order valence-corrected chi connectivity index (χ0v) is 16.3. The number of methoxy groups -OCH3 is 1. The van der Waals surface area contributed by atoms with Gasteiger partial charge in [-0.25, -0.2) is 0 Å². The average molecular weight is 373 g/mol. The fraction of sp³-hybridized carbons (Fsp3) is 0.476. The number of hydrogen-bond donors (Lipinski definition) is 1. The fourth-order valence-corrected chi connectivity index (χ4v) is 4.15. The number of hydrogen-bond acceptors (Lipinski definition) is 4. The predicted molar refractivity (Wildman–Crippen MR) is 107 cm³/mol. The third kappa shape index (κ3) is 5.16. The summed E-state index contributed by atoms with van der Waals surface area (Å²) in [7, 11) is 1.69. The highest BCUT2D eigenvalue weighted by molar-refractivity contribution is 7.08. The van der Waals surface area contributed by atoms with Crippen molar-refractivity contribution in [2.75, 3.05) is 26.8 Å². The Balaban J connectivity index is 1.58. The molecule has 140 valence electrons. The van der Waals surface area contributed by atoms with Crippen LogP contribution in [0.3, 0.4) is 0 Å². The quantitative estimate of drug-likeness (QED) is 0.714. The van der Waals surface area contributed by atoms with Gasteiger partial charge in [0.25, 0.3) is 0 Å². The summed E-state index contributed by atoms with van der Waals surface area (Å²) in [5, 5.41) is 7.35. The second-order valence-electron chi connectivity index (χ2n) is 6.83. The van der Waals surface area contributed by atoms with Gasteiger partial charge in [0.2, 0.25) is 5.91 Å².